The lowest BCUT2D eigenvalue weighted by atomic mass is 10.00. The van der Waals surface area contributed by atoms with Gasteiger partial charge in [0, 0.05) is 21.2 Å². The van der Waals surface area contributed by atoms with Crippen molar-refractivity contribution in [2.24, 2.45) is 0 Å². The maximum atomic E-state index is 13.7. The summed E-state index contributed by atoms with van der Waals surface area (Å²) in [6.45, 7) is 1.91. The molecule has 0 saturated heterocycles. The van der Waals surface area contributed by atoms with E-state index in [1.54, 1.807) is 36.4 Å². The molecular weight excluding hydrogens is 467 g/mol. The van der Waals surface area contributed by atoms with Gasteiger partial charge in [0.1, 0.15) is 5.82 Å². The van der Waals surface area contributed by atoms with Crippen molar-refractivity contribution in [2.45, 2.75) is 18.2 Å². The SMILES string of the molecule is Cc1cc(Cc2ccc(NS(=O)(=O)c3cccc(Br)c3)cc2)c2cc(F)ccc2n1. The standard InChI is InChI=1S/C23H18BrFN2O2S/c1-15-11-17(22-14-19(25)7-10-23(22)26-15)12-16-5-8-20(9-6-16)27-30(28,29)21-4-2-3-18(24)13-21/h2-11,13-14,27H,12H2,1H3. The summed E-state index contributed by atoms with van der Waals surface area (Å²) in [5.74, 6) is -0.299. The second-order valence-corrected chi connectivity index (χ2v) is 9.62. The molecule has 4 aromatic rings. The van der Waals surface area contributed by atoms with Crippen LogP contribution in [0, 0.1) is 12.7 Å². The van der Waals surface area contributed by atoms with Gasteiger partial charge in [0.25, 0.3) is 10.0 Å². The first-order valence-corrected chi connectivity index (χ1v) is 11.5. The minimum absolute atomic E-state index is 0.182. The molecule has 0 bridgehead atoms. The zero-order valence-corrected chi connectivity index (χ0v) is 18.5. The predicted molar refractivity (Wildman–Crippen MR) is 121 cm³/mol. The van der Waals surface area contributed by atoms with Crippen molar-refractivity contribution >= 4 is 42.5 Å². The number of aromatic nitrogens is 1. The molecule has 0 aliphatic rings. The first kappa shape index (κ1) is 20.5. The van der Waals surface area contributed by atoms with Crippen LogP contribution >= 0.6 is 15.9 Å². The number of halogens is 2. The zero-order valence-electron chi connectivity index (χ0n) is 16.1. The van der Waals surface area contributed by atoms with Gasteiger partial charge in [-0.25, -0.2) is 12.8 Å². The van der Waals surface area contributed by atoms with Crippen LogP contribution in [0.5, 0.6) is 0 Å². The number of hydrogen-bond donors (Lipinski definition) is 1. The highest BCUT2D eigenvalue weighted by molar-refractivity contribution is 9.10. The Balaban J connectivity index is 1.58. The molecule has 152 valence electrons. The van der Waals surface area contributed by atoms with Crippen molar-refractivity contribution in [3.8, 4) is 0 Å². The minimum atomic E-state index is -3.68. The van der Waals surface area contributed by atoms with Gasteiger partial charge in [-0.05, 0) is 79.1 Å². The fourth-order valence-corrected chi connectivity index (χ4v) is 4.98. The molecule has 0 fully saturated rings. The van der Waals surface area contributed by atoms with Gasteiger partial charge in [0.05, 0.1) is 10.4 Å². The first-order valence-electron chi connectivity index (χ1n) is 9.23. The summed E-state index contributed by atoms with van der Waals surface area (Å²) < 4.78 is 42.2. The normalized spacial score (nSPS) is 11.6. The molecule has 0 amide bonds. The fraction of sp³-hybridized carbons (Fsp3) is 0.0870. The van der Waals surface area contributed by atoms with Gasteiger partial charge in [-0.1, -0.05) is 34.1 Å². The number of anilines is 1. The zero-order chi connectivity index (χ0) is 21.3. The van der Waals surface area contributed by atoms with Crippen LogP contribution in [0.1, 0.15) is 16.8 Å². The van der Waals surface area contributed by atoms with E-state index >= 15 is 0 Å². The third-order valence-corrected chi connectivity index (χ3v) is 6.56. The lowest BCUT2D eigenvalue weighted by molar-refractivity contribution is 0.601. The Morgan fingerprint density at radius 2 is 1.77 bits per heavy atom. The van der Waals surface area contributed by atoms with Gasteiger partial charge in [0.2, 0.25) is 0 Å². The van der Waals surface area contributed by atoms with Gasteiger partial charge in [-0.2, -0.15) is 0 Å². The molecule has 0 unspecified atom stereocenters. The highest BCUT2D eigenvalue weighted by Crippen LogP contribution is 2.24. The second-order valence-electron chi connectivity index (χ2n) is 7.02. The van der Waals surface area contributed by atoms with Gasteiger partial charge < -0.3 is 0 Å². The molecule has 0 atom stereocenters. The van der Waals surface area contributed by atoms with E-state index in [1.165, 1.54) is 18.2 Å². The van der Waals surface area contributed by atoms with Gasteiger partial charge in [-0.3, -0.25) is 9.71 Å². The van der Waals surface area contributed by atoms with E-state index in [2.05, 4.69) is 25.6 Å². The van der Waals surface area contributed by atoms with Crippen molar-refractivity contribution in [1.82, 2.24) is 4.98 Å². The summed E-state index contributed by atoms with van der Waals surface area (Å²) in [7, 11) is -3.68. The van der Waals surface area contributed by atoms with E-state index in [1.807, 2.05) is 25.1 Å². The largest absolute Gasteiger partial charge is 0.280 e. The molecule has 4 nitrogen and oxygen atoms in total. The lowest BCUT2D eigenvalue weighted by Gasteiger charge is -2.11. The second kappa shape index (κ2) is 8.16. The summed E-state index contributed by atoms with van der Waals surface area (Å²) in [5, 5.41) is 0.778. The number of benzene rings is 3. The molecule has 0 radical (unpaired) electrons. The van der Waals surface area contributed by atoms with Crippen LogP contribution in [-0.4, -0.2) is 13.4 Å². The van der Waals surface area contributed by atoms with Crippen molar-refractivity contribution in [2.75, 3.05) is 4.72 Å². The molecule has 1 heterocycles. The molecule has 0 aliphatic carbocycles. The summed E-state index contributed by atoms with van der Waals surface area (Å²) in [6.07, 6.45) is 0.585. The van der Waals surface area contributed by atoms with Crippen LogP contribution in [0.15, 0.2) is 82.2 Å². The number of sulfonamides is 1. The van der Waals surface area contributed by atoms with Crippen LogP contribution in [0.2, 0.25) is 0 Å². The van der Waals surface area contributed by atoms with Crippen molar-refractivity contribution in [3.05, 3.63) is 99.9 Å². The summed E-state index contributed by atoms with van der Waals surface area (Å²) in [6, 6.07) is 20.2. The van der Waals surface area contributed by atoms with E-state index in [-0.39, 0.29) is 10.7 Å². The number of fused-ring (bicyclic) bond motifs is 1. The quantitative estimate of drug-likeness (QED) is 0.387. The predicted octanol–water partition coefficient (Wildman–Crippen LogP) is 5.84. The Labute approximate surface area is 183 Å². The Morgan fingerprint density at radius 1 is 1.00 bits per heavy atom. The van der Waals surface area contributed by atoms with Gasteiger partial charge in [-0.15, -0.1) is 0 Å². The number of rotatable bonds is 5. The Hall–Kier alpha value is -2.77. The van der Waals surface area contributed by atoms with Crippen LogP contribution in [0.3, 0.4) is 0 Å². The molecule has 0 saturated carbocycles. The molecule has 30 heavy (non-hydrogen) atoms. The topological polar surface area (TPSA) is 59.1 Å². The Kier molecular flexibility index (Phi) is 5.58. The van der Waals surface area contributed by atoms with E-state index in [4.69, 9.17) is 0 Å². The Morgan fingerprint density at radius 3 is 2.50 bits per heavy atom. The summed E-state index contributed by atoms with van der Waals surface area (Å²) >= 11 is 3.29. The van der Waals surface area contributed by atoms with Crippen molar-refractivity contribution < 1.29 is 12.8 Å². The maximum absolute atomic E-state index is 13.7. The van der Waals surface area contributed by atoms with Gasteiger partial charge in [0.15, 0.2) is 0 Å². The smallest absolute Gasteiger partial charge is 0.261 e. The van der Waals surface area contributed by atoms with Crippen LogP contribution in [0.25, 0.3) is 10.9 Å². The van der Waals surface area contributed by atoms with E-state index in [9.17, 15) is 12.8 Å². The molecule has 1 N–H and O–H groups in total. The van der Waals surface area contributed by atoms with Gasteiger partial charge >= 0.3 is 0 Å². The first-order chi connectivity index (χ1) is 14.3. The average molecular weight is 485 g/mol. The minimum Gasteiger partial charge on any atom is -0.280 e. The number of aryl methyl sites for hydroxylation is 1. The molecular formula is C23H18BrFN2O2S. The monoisotopic (exact) mass is 484 g/mol. The molecule has 0 aliphatic heterocycles. The number of hydrogen-bond acceptors (Lipinski definition) is 3. The molecule has 0 spiro atoms. The Bertz CT molecular complexity index is 1340. The number of nitrogens with one attached hydrogen (secondary N) is 1. The maximum Gasteiger partial charge on any atom is 0.261 e. The van der Waals surface area contributed by atoms with Crippen molar-refractivity contribution in [3.63, 3.8) is 0 Å². The van der Waals surface area contributed by atoms with E-state index < -0.39 is 10.0 Å². The van der Waals surface area contributed by atoms with Crippen LogP contribution < -0.4 is 4.72 Å². The van der Waals surface area contributed by atoms with E-state index in [0.717, 1.165) is 27.7 Å². The third-order valence-electron chi connectivity index (χ3n) is 4.69. The average Bonchev–Trinajstić information content (AvgIpc) is 2.70. The number of pyridine rings is 1. The van der Waals surface area contributed by atoms with E-state index in [0.29, 0.717) is 16.6 Å². The third kappa shape index (κ3) is 4.52. The lowest BCUT2D eigenvalue weighted by Crippen LogP contribution is -2.12. The highest BCUT2D eigenvalue weighted by Gasteiger charge is 2.14. The van der Waals surface area contributed by atoms with Crippen molar-refractivity contribution in [1.29, 1.82) is 0 Å². The molecule has 7 heteroatoms. The highest BCUT2D eigenvalue weighted by atomic mass is 79.9. The van der Waals surface area contributed by atoms with Crippen LogP contribution in [-0.2, 0) is 16.4 Å². The molecule has 3 aromatic carbocycles. The molecule has 4 rings (SSSR count). The summed E-state index contributed by atoms with van der Waals surface area (Å²) in [4.78, 5) is 4.64. The molecule has 1 aromatic heterocycles. The summed E-state index contributed by atoms with van der Waals surface area (Å²) in [5.41, 5.74) is 4.05. The van der Waals surface area contributed by atoms with Crippen LogP contribution in [0.4, 0.5) is 10.1 Å². The number of nitrogens with zero attached hydrogens (tertiary/aromatic N) is 1. The fourth-order valence-electron chi connectivity index (χ4n) is 3.32.